The molecule has 1 N–H and O–H groups in total. The first-order valence-electron chi connectivity index (χ1n) is 11.7. The number of aromatic nitrogens is 4. The summed E-state index contributed by atoms with van der Waals surface area (Å²) in [4.78, 5) is 35.0. The number of hydrogen-bond donors (Lipinski definition) is 1. The number of fused-ring (bicyclic) bond motifs is 1. The SMILES string of the molecule is CCc1nc(C2CCN(C(=O)OCc3ccccc3)CC2)n2nc(-c3ccccc3)[nH]c(=O)c12. The van der Waals surface area contributed by atoms with Crippen LogP contribution in [0.15, 0.2) is 65.5 Å². The van der Waals surface area contributed by atoms with Crippen molar-refractivity contribution >= 4 is 11.6 Å². The summed E-state index contributed by atoms with van der Waals surface area (Å²) in [6, 6.07) is 19.3. The molecule has 0 spiro atoms. The summed E-state index contributed by atoms with van der Waals surface area (Å²) >= 11 is 0. The van der Waals surface area contributed by atoms with Gasteiger partial charge in [-0.1, -0.05) is 67.6 Å². The quantitative estimate of drug-likeness (QED) is 0.486. The van der Waals surface area contributed by atoms with E-state index < -0.39 is 0 Å². The van der Waals surface area contributed by atoms with E-state index >= 15 is 0 Å². The molecule has 0 saturated carbocycles. The van der Waals surface area contributed by atoms with Crippen LogP contribution in [0.5, 0.6) is 0 Å². The Morgan fingerprint density at radius 2 is 1.74 bits per heavy atom. The van der Waals surface area contributed by atoms with Gasteiger partial charge in [0.1, 0.15) is 12.4 Å². The molecule has 8 nitrogen and oxygen atoms in total. The Morgan fingerprint density at radius 1 is 1.06 bits per heavy atom. The maximum absolute atomic E-state index is 13.0. The molecule has 2 aromatic carbocycles. The molecule has 4 aromatic rings. The highest BCUT2D eigenvalue weighted by atomic mass is 16.6. The highest BCUT2D eigenvalue weighted by Crippen LogP contribution is 2.29. The van der Waals surface area contributed by atoms with Gasteiger partial charge in [0.2, 0.25) is 0 Å². The van der Waals surface area contributed by atoms with E-state index in [1.165, 1.54) is 0 Å². The van der Waals surface area contributed by atoms with Crippen LogP contribution in [0.1, 0.15) is 42.8 Å². The number of imidazole rings is 1. The molecule has 34 heavy (non-hydrogen) atoms. The fourth-order valence-corrected chi connectivity index (χ4v) is 4.46. The Labute approximate surface area is 197 Å². The molecule has 2 aromatic heterocycles. The van der Waals surface area contributed by atoms with Crippen molar-refractivity contribution in [2.45, 2.75) is 38.7 Å². The molecule has 1 saturated heterocycles. The van der Waals surface area contributed by atoms with Gasteiger partial charge in [-0.15, -0.1) is 5.10 Å². The van der Waals surface area contributed by atoms with Gasteiger partial charge in [-0.05, 0) is 24.8 Å². The molecule has 174 valence electrons. The van der Waals surface area contributed by atoms with Crippen LogP contribution in [0.2, 0.25) is 0 Å². The van der Waals surface area contributed by atoms with Crippen molar-refractivity contribution in [3.8, 4) is 11.4 Å². The van der Waals surface area contributed by atoms with E-state index in [-0.39, 0.29) is 24.2 Å². The third kappa shape index (κ3) is 4.31. The van der Waals surface area contributed by atoms with E-state index in [9.17, 15) is 9.59 Å². The average Bonchev–Trinajstić information content (AvgIpc) is 3.28. The van der Waals surface area contributed by atoms with Crippen LogP contribution in [0, 0.1) is 0 Å². The number of aryl methyl sites for hydroxylation is 1. The first kappa shape index (κ1) is 21.9. The molecular formula is C26H27N5O3. The van der Waals surface area contributed by atoms with E-state index in [4.69, 9.17) is 14.8 Å². The number of carbonyl (C=O) groups is 1. The summed E-state index contributed by atoms with van der Waals surface area (Å²) < 4.78 is 7.21. The van der Waals surface area contributed by atoms with Crippen LogP contribution >= 0.6 is 0 Å². The van der Waals surface area contributed by atoms with Gasteiger partial charge in [-0.25, -0.2) is 14.3 Å². The number of carbonyl (C=O) groups excluding carboxylic acids is 1. The second-order valence-corrected chi connectivity index (χ2v) is 8.50. The lowest BCUT2D eigenvalue weighted by Crippen LogP contribution is -2.38. The minimum Gasteiger partial charge on any atom is -0.445 e. The summed E-state index contributed by atoms with van der Waals surface area (Å²) in [5.41, 5.74) is 2.86. The molecule has 0 unspecified atom stereocenters. The van der Waals surface area contributed by atoms with Crippen molar-refractivity contribution in [1.29, 1.82) is 0 Å². The molecule has 1 amide bonds. The molecular weight excluding hydrogens is 430 g/mol. The van der Waals surface area contributed by atoms with Gasteiger partial charge in [-0.3, -0.25) is 4.79 Å². The van der Waals surface area contributed by atoms with Crippen molar-refractivity contribution < 1.29 is 9.53 Å². The number of ether oxygens (including phenoxy) is 1. The predicted molar refractivity (Wildman–Crippen MR) is 129 cm³/mol. The first-order valence-corrected chi connectivity index (χ1v) is 11.7. The van der Waals surface area contributed by atoms with E-state index in [0.29, 0.717) is 30.9 Å². The number of amides is 1. The van der Waals surface area contributed by atoms with Gasteiger partial charge in [0.15, 0.2) is 11.3 Å². The summed E-state index contributed by atoms with van der Waals surface area (Å²) in [6.07, 6.45) is 1.81. The van der Waals surface area contributed by atoms with Gasteiger partial charge in [0.05, 0.1) is 5.69 Å². The van der Waals surface area contributed by atoms with Crippen molar-refractivity contribution in [2.24, 2.45) is 0 Å². The lowest BCUT2D eigenvalue weighted by atomic mass is 9.96. The van der Waals surface area contributed by atoms with E-state index in [1.54, 1.807) is 9.42 Å². The van der Waals surface area contributed by atoms with Crippen LogP contribution in [0.3, 0.4) is 0 Å². The molecule has 0 bridgehead atoms. The Bertz CT molecular complexity index is 1340. The molecule has 1 aliphatic rings. The number of H-pyrrole nitrogens is 1. The highest BCUT2D eigenvalue weighted by Gasteiger charge is 2.29. The van der Waals surface area contributed by atoms with Crippen LogP contribution in [-0.2, 0) is 17.8 Å². The minimum atomic E-state index is -0.301. The number of hydrogen-bond acceptors (Lipinski definition) is 5. The van der Waals surface area contributed by atoms with Crippen molar-refractivity contribution in [3.05, 3.63) is 88.1 Å². The van der Waals surface area contributed by atoms with E-state index in [2.05, 4.69) is 4.98 Å². The summed E-state index contributed by atoms with van der Waals surface area (Å²) in [6.45, 7) is 3.40. The summed E-state index contributed by atoms with van der Waals surface area (Å²) in [7, 11) is 0. The lowest BCUT2D eigenvalue weighted by molar-refractivity contribution is 0.0865. The molecule has 0 radical (unpaired) electrons. The predicted octanol–water partition coefficient (Wildman–Crippen LogP) is 4.16. The van der Waals surface area contributed by atoms with Crippen molar-refractivity contribution in [3.63, 3.8) is 0 Å². The van der Waals surface area contributed by atoms with Crippen molar-refractivity contribution in [2.75, 3.05) is 13.1 Å². The molecule has 1 fully saturated rings. The summed E-state index contributed by atoms with van der Waals surface area (Å²) in [5.74, 6) is 1.40. The number of nitrogens with zero attached hydrogens (tertiary/aromatic N) is 4. The van der Waals surface area contributed by atoms with Gasteiger partial charge < -0.3 is 14.6 Å². The average molecular weight is 458 g/mol. The van der Waals surface area contributed by atoms with Crippen LogP contribution in [0.25, 0.3) is 16.9 Å². The third-order valence-electron chi connectivity index (χ3n) is 6.30. The van der Waals surface area contributed by atoms with Gasteiger partial charge in [0, 0.05) is 24.6 Å². The molecule has 0 atom stereocenters. The Hall–Kier alpha value is -3.94. The number of rotatable bonds is 5. The summed E-state index contributed by atoms with van der Waals surface area (Å²) in [5, 5.41) is 4.76. The molecule has 1 aliphatic heterocycles. The lowest BCUT2D eigenvalue weighted by Gasteiger charge is -2.30. The molecule has 0 aliphatic carbocycles. The Kier molecular flexibility index (Phi) is 6.12. The standard InChI is InChI=1S/C26H27N5O3/c1-2-21-22-25(32)28-23(19-11-7-4-8-12-19)29-31(22)24(27-21)20-13-15-30(16-14-20)26(33)34-17-18-9-5-3-6-10-18/h3-12,20H,2,13-17H2,1H3,(H,28,29,32). The Balaban J connectivity index is 1.35. The van der Waals surface area contributed by atoms with Gasteiger partial charge in [-0.2, -0.15) is 0 Å². The van der Waals surface area contributed by atoms with Gasteiger partial charge in [0.25, 0.3) is 5.56 Å². The van der Waals surface area contributed by atoms with Crippen molar-refractivity contribution in [1.82, 2.24) is 24.5 Å². The molecule has 3 heterocycles. The molecule has 5 rings (SSSR count). The number of likely N-dealkylation sites (tertiary alicyclic amines) is 1. The zero-order valence-electron chi connectivity index (χ0n) is 19.1. The van der Waals surface area contributed by atoms with Crippen LogP contribution in [-0.4, -0.2) is 43.7 Å². The zero-order valence-corrected chi connectivity index (χ0v) is 19.1. The maximum atomic E-state index is 13.0. The van der Waals surface area contributed by atoms with Crippen LogP contribution < -0.4 is 5.56 Å². The smallest absolute Gasteiger partial charge is 0.410 e. The molecule has 8 heteroatoms. The Morgan fingerprint density at radius 3 is 2.41 bits per heavy atom. The third-order valence-corrected chi connectivity index (χ3v) is 6.30. The van der Waals surface area contributed by atoms with E-state index in [0.717, 1.165) is 35.5 Å². The number of aromatic amines is 1. The number of nitrogens with one attached hydrogen (secondary N) is 1. The maximum Gasteiger partial charge on any atom is 0.410 e. The fourth-order valence-electron chi connectivity index (χ4n) is 4.46. The second kappa shape index (κ2) is 9.51. The topological polar surface area (TPSA) is 92.6 Å². The minimum absolute atomic E-state index is 0.101. The largest absolute Gasteiger partial charge is 0.445 e. The monoisotopic (exact) mass is 457 g/mol. The first-order chi connectivity index (χ1) is 16.6. The fraction of sp³-hybridized carbons (Fsp3) is 0.308. The van der Waals surface area contributed by atoms with Crippen LogP contribution in [0.4, 0.5) is 4.79 Å². The number of benzene rings is 2. The zero-order chi connectivity index (χ0) is 23.5. The highest BCUT2D eigenvalue weighted by molar-refractivity contribution is 5.67. The van der Waals surface area contributed by atoms with E-state index in [1.807, 2.05) is 67.6 Å². The second-order valence-electron chi connectivity index (χ2n) is 8.50. The normalized spacial score (nSPS) is 14.4. The van der Waals surface area contributed by atoms with Gasteiger partial charge >= 0.3 is 6.09 Å². The number of piperidine rings is 1.